The van der Waals surface area contributed by atoms with Crippen LogP contribution in [0.5, 0.6) is 0 Å². The van der Waals surface area contributed by atoms with E-state index < -0.39 is 13.9 Å². The molecule has 0 radical (unpaired) electrons. The second kappa shape index (κ2) is 3.33. The molecule has 3 saturated carbocycles. The fourth-order valence-corrected chi connectivity index (χ4v) is 5.07. The van der Waals surface area contributed by atoms with Crippen molar-refractivity contribution >= 4 is 8.32 Å². The molecule has 90 valence electrons. The normalized spacial score (nSPS) is 41.0. The molecule has 0 spiro atoms. The molecule has 3 heteroatoms. The molecule has 0 aromatic carbocycles. The Hall–Kier alpha value is -0.333. The van der Waals surface area contributed by atoms with E-state index in [0.717, 1.165) is 12.3 Å². The van der Waals surface area contributed by atoms with Crippen LogP contribution in [0.4, 0.5) is 0 Å². The number of nitrogens with zero attached hydrogens (tertiary/aromatic N) is 1. The molecule has 3 rings (SSSR count). The third-order valence-electron chi connectivity index (χ3n) is 4.58. The molecule has 3 fully saturated rings. The van der Waals surface area contributed by atoms with Gasteiger partial charge in [-0.2, -0.15) is 5.26 Å². The highest BCUT2D eigenvalue weighted by Gasteiger charge is 2.63. The van der Waals surface area contributed by atoms with E-state index in [2.05, 4.69) is 39.6 Å². The Bertz CT molecular complexity index is 337. The van der Waals surface area contributed by atoms with Crippen LogP contribution in [0.3, 0.4) is 0 Å². The van der Waals surface area contributed by atoms with E-state index >= 15 is 0 Å². The van der Waals surface area contributed by atoms with Gasteiger partial charge in [-0.15, -0.1) is 0 Å². The number of hydrogen-bond donors (Lipinski definition) is 0. The van der Waals surface area contributed by atoms with Gasteiger partial charge < -0.3 is 4.43 Å². The zero-order valence-electron chi connectivity index (χ0n) is 11.1. The smallest absolute Gasteiger partial charge is 0.185 e. The summed E-state index contributed by atoms with van der Waals surface area (Å²) in [7, 11) is -1.64. The summed E-state index contributed by atoms with van der Waals surface area (Å²) in [4.78, 5) is 0. The molecule has 2 bridgehead atoms. The van der Waals surface area contributed by atoms with Crippen LogP contribution >= 0.6 is 0 Å². The minimum Gasteiger partial charge on any atom is -0.400 e. The molecule has 3 aliphatic rings. The molecule has 0 heterocycles. The quantitative estimate of drug-likeness (QED) is 0.688. The first-order chi connectivity index (χ1) is 7.21. The molecule has 0 saturated heterocycles. The van der Waals surface area contributed by atoms with E-state index in [1.807, 2.05) is 0 Å². The van der Waals surface area contributed by atoms with E-state index in [9.17, 15) is 5.26 Å². The summed E-state index contributed by atoms with van der Waals surface area (Å²) >= 11 is 0. The monoisotopic (exact) mass is 237 g/mol. The highest BCUT2D eigenvalue weighted by molar-refractivity contribution is 6.69. The highest BCUT2D eigenvalue weighted by Crippen LogP contribution is 2.63. The lowest BCUT2D eigenvalue weighted by Crippen LogP contribution is -2.63. The zero-order valence-corrected chi connectivity index (χ0v) is 12.1. The standard InChI is InChI=1S/C13H23NOSi/c1-12(2)10-6-7-13(9-14,11(12)8-10)15-16(3,4)5/h10-11H,6-8H2,1-5H3/t10-,11+,13+/m0/s1. The van der Waals surface area contributed by atoms with Crippen LogP contribution < -0.4 is 0 Å². The maximum Gasteiger partial charge on any atom is 0.185 e. The van der Waals surface area contributed by atoms with E-state index in [4.69, 9.17) is 4.43 Å². The number of nitriles is 1. The zero-order chi connectivity index (χ0) is 12.2. The summed E-state index contributed by atoms with van der Waals surface area (Å²) in [6.45, 7) is 11.2. The van der Waals surface area contributed by atoms with Gasteiger partial charge in [0.15, 0.2) is 8.32 Å². The largest absolute Gasteiger partial charge is 0.400 e. The first kappa shape index (κ1) is 12.1. The maximum absolute atomic E-state index is 9.58. The summed E-state index contributed by atoms with van der Waals surface area (Å²) in [6, 6.07) is 2.53. The molecule has 0 aliphatic heterocycles. The number of fused-ring (bicyclic) bond motifs is 2. The lowest BCUT2D eigenvalue weighted by atomic mass is 9.44. The summed E-state index contributed by atoms with van der Waals surface area (Å²) in [5.74, 6) is 1.28. The van der Waals surface area contributed by atoms with Crippen molar-refractivity contribution in [2.45, 2.75) is 58.4 Å². The molecular formula is C13H23NOSi. The number of hydrogen-bond acceptors (Lipinski definition) is 2. The SMILES string of the molecule is CC1(C)[C@H]2CC[C@](C#N)(O[Si](C)(C)C)[C@@H]1C2. The summed E-state index contributed by atoms with van der Waals surface area (Å²) in [5.41, 5.74) is -0.156. The van der Waals surface area contributed by atoms with Crippen molar-refractivity contribution in [2.75, 3.05) is 0 Å². The van der Waals surface area contributed by atoms with Crippen LogP contribution in [0.25, 0.3) is 0 Å². The van der Waals surface area contributed by atoms with E-state index in [1.54, 1.807) is 0 Å². The molecule has 0 aromatic rings. The van der Waals surface area contributed by atoms with Gasteiger partial charge in [0.25, 0.3) is 0 Å². The summed E-state index contributed by atoms with van der Waals surface area (Å²) in [6.07, 6.45) is 3.32. The summed E-state index contributed by atoms with van der Waals surface area (Å²) in [5, 5.41) is 9.58. The fraction of sp³-hybridized carbons (Fsp3) is 0.923. The molecule has 0 unspecified atom stereocenters. The lowest BCUT2D eigenvalue weighted by Gasteiger charge is -2.63. The van der Waals surface area contributed by atoms with Crippen LogP contribution in [-0.2, 0) is 4.43 Å². The van der Waals surface area contributed by atoms with E-state index in [0.29, 0.717) is 11.3 Å². The molecule has 3 atom stereocenters. The second-order valence-electron chi connectivity index (χ2n) is 7.06. The van der Waals surface area contributed by atoms with Crippen molar-refractivity contribution in [1.82, 2.24) is 0 Å². The Morgan fingerprint density at radius 1 is 1.31 bits per heavy atom. The molecule has 0 N–H and O–H groups in total. The van der Waals surface area contributed by atoms with Gasteiger partial charge in [0.2, 0.25) is 0 Å². The van der Waals surface area contributed by atoms with Crippen molar-refractivity contribution in [3.8, 4) is 6.07 Å². The molecule has 16 heavy (non-hydrogen) atoms. The van der Waals surface area contributed by atoms with Crippen molar-refractivity contribution in [2.24, 2.45) is 17.3 Å². The van der Waals surface area contributed by atoms with Crippen molar-refractivity contribution in [1.29, 1.82) is 5.26 Å². The lowest BCUT2D eigenvalue weighted by molar-refractivity contribution is -0.166. The summed E-state index contributed by atoms with van der Waals surface area (Å²) < 4.78 is 6.28. The van der Waals surface area contributed by atoms with Gasteiger partial charge in [0.1, 0.15) is 5.60 Å². The Kier molecular flexibility index (Phi) is 2.53. The van der Waals surface area contributed by atoms with Crippen LogP contribution in [0.15, 0.2) is 0 Å². The van der Waals surface area contributed by atoms with Gasteiger partial charge in [-0.05, 0) is 50.2 Å². The van der Waals surface area contributed by atoms with Gasteiger partial charge in [-0.3, -0.25) is 0 Å². The minimum atomic E-state index is -1.64. The first-order valence-corrected chi connectivity index (χ1v) is 9.73. The van der Waals surface area contributed by atoms with Gasteiger partial charge in [0.05, 0.1) is 6.07 Å². The van der Waals surface area contributed by atoms with Gasteiger partial charge in [0, 0.05) is 5.92 Å². The van der Waals surface area contributed by atoms with E-state index in [-0.39, 0.29) is 0 Å². The molecular weight excluding hydrogens is 214 g/mol. The number of rotatable bonds is 2. The van der Waals surface area contributed by atoms with Crippen LogP contribution in [0.2, 0.25) is 19.6 Å². The molecule has 2 nitrogen and oxygen atoms in total. The Labute approximate surface area is 100 Å². The van der Waals surface area contributed by atoms with Crippen molar-refractivity contribution < 1.29 is 4.43 Å². The average Bonchev–Trinajstić information content (AvgIpc) is 2.15. The topological polar surface area (TPSA) is 33.0 Å². The molecule has 3 aliphatic carbocycles. The average molecular weight is 237 g/mol. The van der Waals surface area contributed by atoms with Crippen molar-refractivity contribution in [3.63, 3.8) is 0 Å². The molecule has 0 aromatic heterocycles. The highest BCUT2D eigenvalue weighted by atomic mass is 28.4. The van der Waals surface area contributed by atoms with Gasteiger partial charge >= 0.3 is 0 Å². The van der Waals surface area contributed by atoms with Crippen LogP contribution in [0, 0.1) is 28.6 Å². The molecule has 0 amide bonds. The van der Waals surface area contributed by atoms with Crippen LogP contribution in [0.1, 0.15) is 33.1 Å². The Morgan fingerprint density at radius 2 is 1.94 bits per heavy atom. The predicted molar refractivity (Wildman–Crippen MR) is 67.4 cm³/mol. The third kappa shape index (κ3) is 1.63. The predicted octanol–water partition coefficient (Wildman–Crippen LogP) is 3.56. The van der Waals surface area contributed by atoms with Crippen molar-refractivity contribution in [3.05, 3.63) is 0 Å². The van der Waals surface area contributed by atoms with E-state index in [1.165, 1.54) is 12.8 Å². The fourth-order valence-electron chi connectivity index (χ4n) is 3.69. The van der Waals surface area contributed by atoms with Gasteiger partial charge in [-0.1, -0.05) is 13.8 Å². The second-order valence-corrected chi connectivity index (χ2v) is 11.5. The Balaban J connectivity index is 2.26. The Morgan fingerprint density at radius 3 is 2.31 bits per heavy atom. The van der Waals surface area contributed by atoms with Gasteiger partial charge in [-0.25, -0.2) is 0 Å². The minimum absolute atomic E-state index is 0.313. The third-order valence-corrected chi connectivity index (χ3v) is 5.55. The first-order valence-electron chi connectivity index (χ1n) is 6.33. The van der Waals surface area contributed by atoms with Crippen LogP contribution in [-0.4, -0.2) is 13.9 Å². The maximum atomic E-state index is 9.58.